The van der Waals surface area contributed by atoms with Crippen molar-refractivity contribution >= 4 is 27.5 Å². The highest BCUT2D eigenvalue weighted by Gasteiger charge is 2.29. The van der Waals surface area contributed by atoms with Gasteiger partial charge in [-0.1, -0.05) is 32.4 Å². The monoisotopic (exact) mass is 549 g/mol. The number of unbranched alkanes of at least 4 members (excludes halogenated alkanes) is 1. The van der Waals surface area contributed by atoms with Crippen molar-refractivity contribution < 1.29 is 31.9 Å². The van der Waals surface area contributed by atoms with Crippen LogP contribution in [0.4, 0.5) is 10.1 Å². The molecule has 1 aliphatic heterocycles. The number of hydrogen-bond donors (Lipinski definition) is 1. The minimum absolute atomic E-state index is 0.0243. The number of nitrogens with zero attached hydrogens (tertiary/aromatic N) is 2. The van der Waals surface area contributed by atoms with Crippen LogP contribution in [-0.2, 0) is 26.2 Å². The van der Waals surface area contributed by atoms with E-state index in [-0.39, 0.29) is 50.4 Å². The lowest BCUT2D eigenvalue weighted by molar-refractivity contribution is -0.141. The van der Waals surface area contributed by atoms with Gasteiger partial charge >= 0.3 is 0 Å². The van der Waals surface area contributed by atoms with Crippen LogP contribution in [0.15, 0.2) is 42.5 Å². The Labute approximate surface area is 224 Å². The number of hydrogen-bond acceptors (Lipinski definition) is 6. The number of nitrogens with one attached hydrogen (secondary N) is 1. The molecule has 1 heterocycles. The number of carbonyl (C=O) groups is 2. The molecule has 2 aromatic carbocycles. The molecule has 0 saturated heterocycles. The van der Waals surface area contributed by atoms with Gasteiger partial charge in [-0.2, -0.15) is 0 Å². The fourth-order valence-electron chi connectivity index (χ4n) is 4.26. The number of anilines is 1. The molecule has 1 atom stereocenters. The van der Waals surface area contributed by atoms with Gasteiger partial charge in [-0.25, -0.2) is 12.8 Å². The van der Waals surface area contributed by atoms with Crippen molar-refractivity contribution in [1.29, 1.82) is 0 Å². The zero-order chi connectivity index (χ0) is 27.7. The Morgan fingerprint density at radius 3 is 2.42 bits per heavy atom. The van der Waals surface area contributed by atoms with E-state index in [1.165, 1.54) is 21.3 Å². The topological polar surface area (TPSA) is 105 Å². The highest BCUT2D eigenvalue weighted by Crippen LogP contribution is 2.36. The van der Waals surface area contributed by atoms with Gasteiger partial charge in [0.2, 0.25) is 28.6 Å². The number of sulfonamides is 1. The summed E-state index contributed by atoms with van der Waals surface area (Å²) in [6.45, 7) is 4.64. The largest absolute Gasteiger partial charge is 0.454 e. The molecule has 208 valence electrons. The van der Waals surface area contributed by atoms with E-state index in [9.17, 15) is 22.4 Å². The standard InChI is InChI=1S/C27H36FN3O6S/c1-4-6-15-29-27(33)23(5-2)30(18-20-9-11-21(28)12-10-20)26(32)8-7-16-31(38(3,34)35)22-13-14-24-25(17-22)37-19-36-24/h9-14,17,23H,4-8,15-16,18-19H2,1-3H3,(H,29,33). The number of ether oxygens (including phenoxy) is 2. The van der Waals surface area contributed by atoms with Crippen LogP contribution in [0.25, 0.3) is 0 Å². The molecule has 0 aromatic heterocycles. The van der Waals surface area contributed by atoms with Crippen molar-refractivity contribution in [1.82, 2.24) is 10.2 Å². The Kier molecular flexibility index (Phi) is 10.3. The van der Waals surface area contributed by atoms with Crippen molar-refractivity contribution in [2.45, 2.75) is 58.5 Å². The first kappa shape index (κ1) is 29.2. The maximum atomic E-state index is 13.4. The van der Waals surface area contributed by atoms with Gasteiger partial charge in [0.1, 0.15) is 11.9 Å². The van der Waals surface area contributed by atoms with Crippen LogP contribution in [0.2, 0.25) is 0 Å². The summed E-state index contributed by atoms with van der Waals surface area (Å²) in [6.07, 6.45) is 3.51. The van der Waals surface area contributed by atoms with E-state index in [1.54, 1.807) is 30.3 Å². The maximum absolute atomic E-state index is 13.4. The summed E-state index contributed by atoms with van der Waals surface area (Å²) in [5.74, 6) is 0.0788. The van der Waals surface area contributed by atoms with Gasteiger partial charge in [0.05, 0.1) is 11.9 Å². The Hall–Kier alpha value is -3.34. The number of fused-ring (bicyclic) bond motifs is 1. The minimum atomic E-state index is -3.64. The molecule has 0 fully saturated rings. The van der Waals surface area contributed by atoms with Crippen LogP contribution in [-0.4, -0.2) is 57.3 Å². The zero-order valence-electron chi connectivity index (χ0n) is 22.1. The summed E-state index contributed by atoms with van der Waals surface area (Å²) in [5.41, 5.74) is 1.10. The minimum Gasteiger partial charge on any atom is -0.454 e. The highest BCUT2D eigenvalue weighted by atomic mass is 32.2. The number of carbonyl (C=O) groups excluding carboxylic acids is 2. The van der Waals surface area contributed by atoms with Crippen molar-refractivity contribution in [2.75, 3.05) is 30.4 Å². The second kappa shape index (κ2) is 13.5. The first-order valence-electron chi connectivity index (χ1n) is 12.8. The Balaban J connectivity index is 1.74. The maximum Gasteiger partial charge on any atom is 0.242 e. The third-order valence-corrected chi connectivity index (χ3v) is 7.47. The fraction of sp³-hybridized carbons (Fsp3) is 0.481. The first-order valence-corrected chi connectivity index (χ1v) is 14.7. The van der Waals surface area contributed by atoms with Crippen LogP contribution in [0, 0.1) is 5.82 Å². The van der Waals surface area contributed by atoms with E-state index in [1.807, 2.05) is 13.8 Å². The van der Waals surface area contributed by atoms with Gasteiger partial charge < -0.3 is 19.7 Å². The Bertz CT molecular complexity index is 1210. The molecule has 11 heteroatoms. The molecule has 3 rings (SSSR count). The van der Waals surface area contributed by atoms with E-state index in [0.717, 1.165) is 19.1 Å². The molecule has 1 aliphatic rings. The SMILES string of the molecule is CCCCNC(=O)C(CC)N(Cc1ccc(F)cc1)C(=O)CCCN(c1ccc2c(c1)OCO2)S(C)(=O)=O. The average molecular weight is 550 g/mol. The summed E-state index contributed by atoms with van der Waals surface area (Å²) in [4.78, 5) is 27.9. The number of amides is 2. The summed E-state index contributed by atoms with van der Waals surface area (Å²) < 4.78 is 50.5. The molecule has 1 N–H and O–H groups in total. The third-order valence-electron chi connectivity index (χ3n) is 6.28. The second-order valence-corrected chi connectivity index (χ2v) is 11.1. The summed E-state index contributed by atoms with van der Waals surface area (Å²) in [7, 11) is -3.64. The van der Waals surface area contributed by atoms with Crippen molar-refractivity contribution in [3.05, 3.63) is 53.8 Å². The molecule has 38 heavy (non-hydrogen) atoms. The zero-order valence-corrected chi connectivity index (χ0v) is 22.9. The summed E-state index contributed by atoms with van der Waals surface area (Å²) in [5, 5.41) is 2.90. The molecule has 2 amide bonds. The molecule has 0 spiro atoms. The van der Waals surface area contributed by atoms with Crippen LogP contribution < -0.4 is 19.1 Å². The molecule has 9 nitrogen and oxygen atoms in total. The molecule has 0 radical (unpaired) electrons. The number of benzene rings is 2. The van der Waals surface area contributed by atoms with Crippen molar-refractivity contribution in [2.24, 2.45) is 0 Å². The summed E-state index contributed by atoms with van der Waals surface area (Å²) in [6, 6.07) is 9.97. The van der Waals surface area contributed by atoms with E-state index < -0.39 is 16.1 Å². The Morgan fingerprint density at radius 1 is 1.05 bits per heavy atom. The van der Waals surface area contributed by atoms with Crippen LogP contribution in [0.1, 0.15) is 51.5 Å². The van der Waals surface area contributed by atoms with E-state index in [2.05, 4.69) is 5.32 Å². The fourth-order valence-corrected chi connectivity index (χ4v) is 5.21. The predicted molar refractivity (Wildman–Crippen MR) is 143 cm³/mol. The number of rotatable bonds is 14. The van der Waals surface area contributed by atoms with Crippen molar-refractivity contribution in [3.63, 3.8) is 0 Å². The van der Waals surface area contributed by atoms with Gasteiger partial charge in [-0.3, -0.25) is 13.9 Å². The van der Waals surface area contributed by atoms with E-state index >= 15 is 0 Å². The Morgan fingerprint density at radius 2 is 1.76 bits per heavy atom. The molecule has 0 aliphatic carbocycles. The lowest BCUT2D eigenvalue weighted by atomic mass is 10.1. The normalized spacial score (nSPS) is 13.2. The van der Waals surface area contributed by atoms with Crippen LogP contribution >= 0.6 is 0 Å². The van der Waals surface area contributed by atoms with Gasteiger partial charge in [-0.15, -0.1) is 0 Å². The molecule has 2 aromatic rings. The molecular formula is C27H36FN3O6S. The quantitative estimate of drug-likeness (QED) is 0.359. The molecule has 1 unspecified atom stereocenters. The van der Waals surface area contributed by atoms with Crippen molar-refractivity contribution in [3.8, 4) is 11.5 Å². The van der Waals surface area contributed by atoms with Crippen LogP contribution in [0.3, 0.4) is 0 Å². The van der Waals surface area contributed by atoms with Gasteiger partial charge in [0.25, 0.3) is 0 Å². The third kappa shape index (κ3) is 7.83. The van der Waals surface area contributed by atoms with Crippen LogP contribution in [0.5, 0.6) is 11.5 Å². The second-order valence-electron chi connectivity index (χ2n) is 9.19. The number of halogens is 1. The lowest BCUT2D eigenvalue weighted by Gasteiger charge is -2.31. The average Bonchev–Trinajstić information content (AvgIpc) is 3.35. The van der Waals surface area contributed by atoms with Gasteiger partial charge in [0, 0.05) is 32.1 Å². The molecular weight excluding hydrogens is 513 g/mol. The van der Waals surface area contributed by atoms with E-state index in [4.69, 9.17) is 9.47 Å². The first-order chi connectivity index (χ1) is 18.1. The van der Waals surface area contributed by atoms with Gasteiger partial charge in [-0.05, 0) is 49.1 Å². The predicted octanol–water partition coefficient (Wildman–Crippen LogP) is 3.82. The smallest absolute Gasteiger partial charge is 0.242 e. The molecule has 0 saturated carbocycles. The molecule has 0 bridgehead atoms. The highest BCUT2D eigenvalue weighted by molar-refractivity contribution is 7.92. The summed E-state index contributed by atoms with van der Waals surface area (Å²) >= 11 is 0. The van der Waals surface area contributed by atoms with E-state index in [0.29, 0.717) is 35.7 Å². The van der Waals surface area contributed by atoms with Gasteiger partial charge in [0.15, 0.2) is 11.5 Å². The lowest BCUT2D eigenvalue weighted by Crippen LogP contribution is -2.49.